The van der Waals surface area contributed by atoms with E-state index in [0.717, 1.165) is 11.1 Å². The maximum Gasteiger partial charge on any atom is 0.338 e. The normalized spacial score (nSPS) is 16.8. The van der Waals surface area contributed by atoms with Crippen LogP contribution in [0.25, 0.3) is 0 Å². The fraction of sp³-hybridized carbons (Fsp3) is 0.286. The molecule has 2 aromatic carbocycles. The molecular formula is C21H21NO4. The average Bonchev–Trinajstić information content (AvgIpc) is 2.89. The number of hydrogen-bond donors (Lipinski definition) is 0. The Morgan fingerprint density at radius 1 is 1.15 bits per heavy atom. The first-order valence-electron chi connectivity index (χ1n) is 8.69. The van der Waals surface area contributed by atoms with Gasteiger partial charge in [-0.15, -0.1) is 0 Å². The van der Waals surface area contributed by atoms with Gasteiger partial charge in [-0.1, -0.05) is 29.8 Å². The van der Waals surface area contributed by atoms with Crippen molar-refractivity contribution in [3.8, 4) is 0 Å². The molecule has 2 amide bonds. The molecule has 26 heavy (non-hydrogen) atoms. The van der Waals surface area contributed by atoms with Crippen LogP contribution in [0.3, 0.4) is 0 Å². The summed E-state index contributed by atoms with van der Waals surface area (Å²) in [6.45, 7) is 4.04. The van der Waals surface area contributed by atoms with Crippen molar-refractivity contribution in [2.24, 2.45) is 5.92 Å². The zero-order chi connectivity index (χ0) is 18.7. The highest BCUT2D eigenvalue weighted by atomic mass is 16.5. The van der Waals surface area contributed by atoms with Gasteiger partial charge in [-0.05, 0) is 50.1 Å². The van der Waals surface area contributed by atoms with E-state index in [9.17, 15) is 14.4 Å². The number of anilines is 1. The first-order chi connectivity index (χ1) is 12.5. The molecule has 134 valence electrons. The van der Waals surface area contributed by atoms with Gasteiger partial charge in [-0.3, -0.25) is 14.5 Å². The molecule has 2 aromatic rings. The highest BCUT2D eigenvalue weighted by Crippen LogP contribution is 2.29. The molecule has 0 bridgehead atoms. The van der Waals surface area contributed by atoms with Gasteiger partial charge in [0.1, 0.15) is 0 Å². The second kappa shape index (κ2) is 7.52. The molecule has 0 N–H and O–H groups in total. The van der Waals surface area contributed by atoms with Gasteiger partial charge in [0.15, 0.2) is 0 Å². The minimum atomic E-state index is -0.421. The number of ether oxygens (including phenoxy) is 1. The Balaban J connectivity index is 1.75. The lowest BCUT2D eigenvalue weighted by Gasteiger charge is -2.15. The molecule has 0 aromatic heterocycles. The summed E-state index contributed by atoms with van der Waals surface area (Å²) in [5, 5.41) is 0. The van der Waals surface area contributed by atoms with Crippen molar-refractivity contribution in [2.75, 3.05) is 11.5 Å². The summed E-state index contributed by atoms with van der Waals surface area (Å²) in [7, 11) is 0. The summed E-state index contributed by atoms with van der Waals surface area (Å²) in [6, 6.07) is 14.3. The van der Waals surface area contributed by atoms with Crippen LogP contribution in [-0.2, 0) is 20.7 Å². The number of hydrogen-bond acceptors (Lipinski definition) is 4. The largest absolute Gasteiger partial charge is 0.462 e. The molecule has 1 atom stereocenters. The number of imide groups is 1. The average molecular weight is 351 g/mol. The molecule has 5 heteroatoms. The number of carbonyl (C=O) groups is 3. The fourth-order valence-electron chi connectivity index (χ4n) is 3.21. The molecule has 3 rings (SSSR count). The molecule has 1 unspecified atom stereocenters. The van der Waals surface area contributed by atoms with Crippen molar-refractivity contribution < 1.29 is 19.1 Å². The molecule has 0 aliphatic carbocycles. The lowest BCUT2D eigenvalue weighted by atomic mass is 9.97. The molecule has 1 heterocycles. The first kappa shape index (κ1) is 17.9. The fourth-order valence-corrected chi connectivity index (χ4v) is 3.21. The van der Waals surface area contributed by atoms with Crippen molar-refractivity contribution >= 4 is 23.5 Å². The zero-order valence-electron chi connectivity index (χ0n) is 14.9. The predicted molar refractivity (Wildman–Crippen MR) is 97.9 cm³/mol. The summed E-state index contributed by atoms with van der Waals surface area (Å²) in [6.07, 6.45) is 0.746. The topological polar surface area (TPSA) is 63.7 Å². The predicted octanol–water partition coefficient (Wildman–Crippen LogP) is 3.29. The third-order valence-corrected chi connectivity index (χ3v) is 4.44. The summed E-state index contributed by atoms with van der Waals surface area (Å²) in [5.74, 6) is -1.18. The number of amides is 2. The molecule has 0 radical (unpaired) electrons. The maximum atomic E-state index is 12.7. The van der Waals surface area contributed by atoms with Gasteiger partial charge in [0.2, 0.25) is 11.8 Å². The maximum absolute atomic E-state index is 12.7. The Labute approximate surface area is 152 Å². The van der Waals surface area contributed by atoms with Gasteiger partial charge in [0.25, 0.3) is 0 Å². The summed E-state index contributed by atoms with van der Waals surface area (Å²) in [4.78, 5) is 38.1. The van der Waals surface area contributed by atoms with Gasteiger partial charge in [0.05, 0.1) is 23.8 Å². The molecule has 0 saturated carbocycles. The molecule has 1 aliphatic rings. The van der Waals surface area contributed by atoms with E-state index in [4.69, 9.17) is 4.74 Å². The Kier molecular flexibility index (Phi) is 5.16. The minimum absolute atomic E-state index is 0.194. The van der Waals surface area contributed by atoms with E-state index < -0.39 is 5.97 Å². The quantitative estimate of drug-likeness (QED) is 0.612. The van der Waals surface area contributed by atoms with E-state index in [2.05, 4.69) is 0 Å². The number of carbonyl (C=O) groups excluding carboxylic acids is 3. The molecule has 1 fully saturated rings. The monoisotopic (exact) mass is 351 g/mol. The van der Waals surface area contributed by atoms with E-state index in [1.165, 1.54) is 4.90 Å². The Hall–Kier alpha value is -2.95. The SMILES string of the molecule is CCOC(=O)c1ccc(N2C(=O)CC(Cc3cccc(C)c3)C2=O)cc1. The number of rotatable bonds is 5. The standard InChI is InChI=1S/C21H21NO4/c1-3-26-21(25)16-7-9-18(10-8-16)22-19(23)13-17(20(22)24)12-15-6-4-5-14(2)11-15/h4-11,17H,3,12-13H2,1-2H3. The molecule has 0 spiro atoms. The lowest BCUT2D eigenvalue weighted by molar-refractivity contribution is -0.122. The Morgan fingerprint density at radius 3 is 2.54 bits per heavy atom. The van der Waals surface area contributed by atoms with Gasteiger partial charge in [0, 0.05) is 6.42 Å². The highest BCUT2D eigenvalue weighted by molar-refractivity contribution is 6.21. The Morgan fingerprint density at radius 2 is 1.88 bits per heavy atom. The van der Waals surface area contributed by atoms with E-state index in [0.29, 0.717) is 24.3 Å². The number of benzene rings is 2. The lowest BCUT2D eigenvalue weighted by Crippen LogP contribution is -2.30. The number of esters is 1. The summed E-state index contributed by atoms with van der Waals surface area (Å²) in [5.41, 5.74) is 3.06. The third kappa shape index (κ3) is 3.67. The van der Waals surface area contributed by atoms with Crippen LogP contribution >= 0.6 is 0 Å². The molecule has 1 saturated heterocycles. The number of aryl methyl sites for hydroxylation is 1. The molecule has 5 nitrogen and oxygen atoms in total. The smallest absolute Gasteiger partial charge is 0.338 e. The van der Waals surface area contributed by atoms with Crippen molar-refractivity contribution in [3.63, 3.8) is 0 Å². The van der Waals surface area contributed by atoms with Gasteiger partial charge in [-0.2, -0.15) is 0 Å². The highest BCUT2D eigenvalue weighted by Gasteiger charge is 2.39. The summed E-state index contributed by atoms with van der Waals surface area (Å²) >= 11 is 0. The minimum Gasteiger partial charge on any atom is -0.462 e. The number of nitrogens with zero attached hydrogens (tertiary/aromatic N) is 1. The van der Waals surface area contributed by atoms with Gasteiger partial charge >= 0.3 is 5.97 Å². The van der Waals surface area contributed by atoms with Crippen LogP contribution in [0.1, 0.15) is 34.8 Å². The zero-order valence-corrected chi connectivity index (χ0v) is 14.9. The van der Waals surface area contributed by atoms with Crippen LogP contribution in [-0.4, -0.2) is 24.4 Å². The Bertz CT molecular complexity index is 841. The van der Waals surface area contributed by atoms with E-state index in [1.54, 1.807) is 31.2 Å². The first-order valence-corrected chi connectivity index (χ1v) is 8.69. The van der Waals surface area contributed by atoms with Gasteiger partial charge in [-0.25, -0.2) is 4.79 Å². The second-order valence-electron chi connectivity index (χ2n) is 6.43. The van der Waals surface area contributed by atoms with E-state index in [-0.39, 0.29) is 24.2 Å². The van der Waals surface area contributed by atoms with Crippen LogP contribution in [0.2, 0.25) is 0 Å². The van der Waals surface area contributed by atoms with Crippen LogP contribution < -0.4 is 4.90 Å². The van der Waals surface area contributed by atoms with Gasteiger partial charge < -0.3 is 4.74 Å². The van der Waals surface area contributed by atoms with Crippen LogP contribution in [0.4, 0.5) is 5.69 Å². The van der Waals surface area contributed by atoms with Crippen LogP contribution in [0, 0.1) is 12.8 Å². The van der Waals surface area contributed by atoms with Crippen molar-refractivity contribution in [1.29, 1.82) is 0 Å². The van der Waals surface area contributed by atoms with Crippen LogP contribution in [0.15, 0.2) is 48.5 Å². The second-order valence-corrected chi connectivity index (χ2v) is 6.43. The van der Waals surface area contributed by atoms with E-state index >= 15 is 0 Å². The molecular weight excluding hydrogens is 330 g/mol. The van der Waals surface area contributed by atoms with Crippen molar-refractivity contribution in [2.45, 2.75) is 26.7 Å². The summed E-state index contributed by atoms with van der Waals surface area (Å²) < 4.78 is 4.94. The molecule has 1 aliphatic heterocycles. The van der Waals surface area contributed by atoms with Crippen LogP contribution in [0.5, 0.6) is 0 Å². The van der Waals surface area contributed by atoms with Crippen molar-refractivity contribution in [1.82, 2.24) is 0 Å². The third-order valence-electron chi connectivity index (χ3n) is 4.44. The van der Waals surface area contributed by atoms with E-state index in [1.807, 2.05) is 31.2 Å². The van der Waals surface area contributed by atoms with Crippen molar-refractivity contribution in [3.05, 3.63) is 65.2 Å².